The average molecular weight is 583 g/mol. The Morgan fingerprint density at radius 1 is 1.17 bits per heavy atom. The number of carbonyl (C=O) groups excluding carboxylic acids is 3. The minimum atomic E-state index is -3.22. The number of aliphatic hydroxyl groups is 1. The summed E-state index contributed by atoms with van der Waals surface area (Å²) >= 11 is 6.27. The van der Waals surface area contributed by atoms with Gasteiger partial charge in [-0.15, -0.1) is 0 Å². The third-order valence-corrected chi connectivity index (χ3v) is 9.35. The maximum Gasteiger partial charge on any atom is 0.264 e. The van der Waals surface area contributed by atoms with E-state index in [1.165, 1.54) is 6.07 Å². The van der Waals surface area contributed by atoms with Crippen molar-refractivity contribution in [1.29, 1.82) is 5.26 Å². The Bertz CT molecular complexity index is 1480. The number of benzene rings is 2. The summed E-state index contributed by atoms with van der Waals surface area (Å²) in [6.45, 7) is 0.538. The van der Waals surface area contributed by atoms with E-state index in [1.54, 1.807) is 36.4 Å². The second kappa shape index (κ2) is 10.1. The summed E-state index contributed by atoms with van der Waals surface area (Å²) in [4.78, 5) is 41.6. The number of nitrogens with zero attached hydrogens (tertiary/aromatic N) is 2. The predicted octanol–water partition coefficient (Wildman–Crippen LogP) is 3.50. The fraction of sp³-hybridized carbons (Fsp3) is 0.467. The van der Waals surface area contributed by atoms with E-state index < -0.39 is 59.7 Å². The number of hydrogen-bond acceptors (Lipinski definition) is 5. The lowest BCUT2D eigenvalue weighted by Crippen LogP contribution is -2.70. The van der Waals surface area contributed by atoms with Gasteiger partial charge >= 0.3 is 0 Å². The van der Waals surface area contributed by atoms with Crippen molar-refractivity contribution in [1.82, 2.24) is 15.5 Å². The minimum Gasteiger partial charge on any atom is -0.372 e. The van der Waals surface area contributed by atoms with Crippen LogP contribution in [0.4, 0.5) is 8.78 Å². The molecule has 3 saturated heterocycles. The predicted molar refractivity (Wildman–Crippen MR) is 144 cm³/mol. The molecule has 4 fully saturated rings. The van der Waals surface area contributed by atoms with E-state index in [1.807, 2.05) is 6.07 Å². The lowest BCUT2D eigenvalue weighted by atomic mass is 9.70. The fourth-order valence-corrected chi connectivity index (χ4v) is 7.36. The van der Waals surface area contributed by atoms with Crippen molar-refractivity contribution in [2.24, 2.45) is 11.8 Å². The van der Waals surface area contributed by atoms with Gasteiger partial charge in [0.05, 0.1) is 12.0 Å². The summed E-state index contributed by atoms with van der Waals surface area (Å²) in [6.07, 6.45) is 0.943. The summed E-state index contributed by atoms with van der Waals surface area (Å²) in [5, 5.41) is 27.6. The SMILES string of the molecule is N#C[C@@H](C[C@@H]1CCCNC1=O)NC(=O)[C@@H]1[C@@H]2CC[C@@H](CC2(F)F)N1C(=O)[C@@]1(O)c2ccccc2-c2ccc(Cl)cc21. The number of halogens is 3. The molecule has 3 N–H and O–H groups in total. The molecule has 0 unspecified atom stereocenters. The van der Waals surface area contributed by atoms with Crippen molar-refractivity contribution in [2.75, 3.05) is 6.54 Å². The van der Waals surface area contributed by atoms with Crippen LogP contribution in [0.25, 0.3) is 11.1 Å². The molecule has 3 heterocycles. The van der Waals surface area contributed by atoms with Crippen LogP contribution in [0.5, 0.6) is 0 Å². The van der Waals surface area contributed by atoms with Gasteiger partial charge in [-0.25, -0.2) is 8.78 Å². The third kappa shape index (κ3) is 4.37. The van der Waals surface area contributed by atoms with E-state index in [0.29, 0.717) is 24.1 Å². The Morgan fingerprint density at radius 2 is 1.93 bits per heavy atom. The molecule has 8 nitrogen and oxygen atoms in total. The highest BCUT2D eigenvalue weighted by Gasteiger charge is 2.63. The van der Waals surface area contributed by atoms with E-state index in [-0.39, 0.29) is 41.3 Å². The van der Waals surface area contributed by atoms with Gasteiger partial charge in [-0.2, -0.15) is 5.26 Å². The molecule has 5 aliphatic rings. The van der Waals surface area contributed by atoms with Crippen LogP contribution in [-0.2, 0) is 20.0 Å². The third-order valence-electron chi connectivity index (χ3n) is 9.12. The molecule has 2 aromatic carbocycles. The Balaban J connectivity index is 1.36. The Hall–Kier alpha value is -3.55. The first-order valence-corrected chi connectivity index (χ1v) is 14.2. The number of fused-ring (bicyclic) bond motifs is 6. The van der Waals surface area contributed by atoms with Crippen molar-refractivity contribution in [3.8, 4) is 17.2 Å². The van der Waals surface area contributed by atoms with Crippen molar-refractivity contribution in [3.05, 3.63) is 58.6 Å². The van der Waals surface area contributed by atoms with Gasteiger partial charge in [0.25, 0.3) is 11.8 Å². The maximum absolute atomic E-state index is 15.3. The Morgan fingerprint density at radius 3 is 2.66 bits per heavy atom. The van der Waals surface area contributed by atoms with Crippen molar-refractivity contribution in [3.63, 3.8) is 0 Å². The number of amides is 3. The average Bonchev–Trinajstić information content (AvgIpc) is 3.21. The topological polar surface area (TPSA) is 123 Å². The molecular formula is C30H29ClF2N4O4. The summed E-state index contributed by atoms with van der Waals surface area (Å²) in [5.74, 6) is -7.19. The highest BCUT2D eigenvalue weighted by molar-refractivity contribution is 6.31. The second-order valence-corrected chi connectivity index (χ2v) is 11.9. The van der Waals surface area contributed by atoms with Crippen molar-refractivity contribution >= 4 is 29.3 Å². The van der Waals surface area contributed by atoms with Gasteiger partial charge in [0, 0.05) is 41.1 Å². The smallest absolute Gasteiger partial charge is 0.264 e. The van der Waals surface area contributed by atoms with Crippen LogP contribution in [0.15, 0.2) is 42.5 Å². The minimum absolute atomic E-state index is 0.0131. The molecule has 3 amide bonds. The summed E-state index contributed by atoms with van der Waals surface area (Å²) in [7, 11) is 0. The molecule has 41 heavy (non-hydrogen) atoms. The van der Waals surface area contributed by atoms with Gasteiger partial charge in [0.2, 0.25) is 11.8 Å². The summed E-state index contributed by atoms with van der Waals surface area (Å²) < 4.78 is 30.6. The number of alkyl halides is 2. The summed E-state index contributed by atoms with van der Waals surface area (Å²) in [6, 6.07) is 9.88. The second-order valence-electron chi connectivity index (χ2n) is 11.5. The van der Waals surface area contributed by atoms with E-state index >= 15 is 8.78 Å². The van der Waals surface area contributed by atoms with Gasteiger partial charge in [0.1, 0.15) is 12.1 Å². The number of nitrogens with one attached hydrogen (secondary N) is 2. The van der Waals surface area contributed by atoms with Crippen molar-refractivity contribution in [2.45, 2.75) is 68.2 Å². The van der Waals surface area contributed by atoms with E-state index in [2.05, 4.69) is 10.6 Å². The van der Waals surface area contributed by atoms with Crippen molar-refractivity contribution < 1.29 is 28.3 Å². The number of carbonyl (C=O) groups is 3. The lowest BCUT2D eigenvalue weighted by molar-refractivity contribution is -0.201. The zero-order valence-electron chi connectivity index (χ0n) is 22.1. The van der Waals surface area contributed by atoms with Crippen LogP contribution in [0.1, 0.15) is 49.7 Å². The molecule has 1 saturated carbocycles. The molecule has 6 atom stereocenters. The highest BCUT2D eigenvalue weighted by Crippen LogP contribution is 2.54. The number of rotatable bonds is 5. The van der Waals surface area contributed by atoms with Crippen LogP contribution >= 0.6 is 11.6 Å². The Labute approximate surface area is 240 Å². The van der Waals surface area contributed by atoms with Crippen LogP contribution in [0.2, 0.25) is 5.02 Å². The monoisotopic (exact) mass is 582 g/mol. The van der Waals surface area contributed by atoms with Gasteiger partial charge < -0.3 is 20.6 Å². The molecule has 0 aromatic heterocycles. The Kier molecular flexibility index (Phi) is 6.78. The molecule has 2 bridgehead atoms. The first-order valence-electron chi connectivity index (χ1n) is 13.9. The highest BCUT2D eigenvalue weighted by atomic mass is 35.5. The number of piperidine rings is 3. The van der Waals surface area contributed by atoms with E-state index in [0.717, 1.165) is 11.3 Å². The first-order chi connectivity index (χ1) is 19.6. The maximum atomic E-state index is 15.3. The largest absolute Gasteiger partial charge is 0.372 e. The summed E-state index contributed by atoms with van der Waals surface area (Å²) in [5.41, 5.74) is -0.546. The van der Waals surface area contributed by atoms with Crippen LogP contribution in [0.3, 0.4) is 0 Å². The number of nitriles is 1. The zero-order chi connectivity index (χ0) is 29.1. The van der Waals surface area contributed by atoms with Gasteiger partial charge in [-0.3, -0.25) is 14.4 Å². The molecule has 3 aliphatic heterocycles. The molecule has 7 rings (SSSR count). The van der Waals surface area contributed by atoms with Gasteiger partial charge in [-0.05, 0) is 55.4 Å². The molecule has 11 heteroatoms. The zero-order valence-corrected chi connectivity index (χ0v) is 22.8. The quantitative estimate of drug-likeness (QED) is 0.498. The first kappa shape index (κ1) is 27.6. The van der Waals surface area contributed by atoms with Crippen LogP contribution < -0.4 is 10.6 Å². The molecule has 214 valence electrons. The van der Waals surface area contributed by atoms with E-state index in [9.17, 15) is 24.8 Å². The van der Waals surface area contributed by atoms with E-state index in [4.69, 9.17) is 11.6 Å². The molecule has 2 aliphatic carbocycles. The normalized spacial score (nSPS) is 30.0. The molecular weight excluding hydrogens is 554 g/mol. The van der Waals surface area contributed by atoms with Gasteiger partial charge in [0.15, 0.2) is 5.60 Å². The van der Waals surface area contributed by atoms with Crippen LogP contribution in [-0.4, -0.2) is 58.3 Å². The van der Waals surface area contributed by atoms with Gasteiger partial charge in [-0.1, -0.05) is 41.9 Å². The molecule has 2 aromatic rings. The number of hydrogen-bond donors (Lipinski definition) is 3. The fourth-order valence-electron chi connectivity index (χ4n) is 7.19. The van der Waals surface area contributed by atoms with Crippen LogP contribution in [0, 0.1) is 23.2 Å². The lowest BCUT2D eigenvalue weighted by Gasteiger charge is -2.54. The molecule has 0 spiro atoms. The molecule has 0 radical (unpaired) electrons. The standard InChI is InChI=1S/C30H29ClF2N4O4/c31-17-7-9-21-20-5-1-2-6-22(20)30(41,24(21)13-17)28(40)37-19-8-10-23(29(32,33)14-19)25(37)27(39)36-18(15-34)12-16-4-3-11-35-26(16)38/h1-2,5-7,9,13,16,18-19,23,25,41H,3-4,8,10-12,14H2,(H,35,38)(H,36,39)/t16-,18+,19-,23-,25-,30+/m0/s1.